The van der Waals surface area contributed by atoms with Gasteiger partial charge in [-0.15, -0.1) is 0 Å². The van der Waals surface area contributed by atoms with Crippen molar-refractivity contribution in [3.63, 3.8) is 0 Å². The van der Waals surface area contributed by atoms with Crippen LogP contribution in [0, 0.1) is 13.8 Å². The number of nitrogens with zero attached hydrogens (tertiary/aromatic N) is 1. The highest BCUT2D eigenvalue weighted by Gasteiger charge is 2.14. The Hall–Kier alpha value is -1.59. The standard InChI is InChI=1S/C13H13ClN2O2S/c1-9-3-4-11(7-10(9)2)16-19(17,18)12-5-6-15-13(14)8-12/h3-8,16H,1-2H3. The molecule has 0 bridgehead atoms. The molecule has 0 saturated carbocycles. The van der Waals surface area contributed by atoms with Crippen molar-refractivity contribution in [1.82, 2.24) is 4.98 Å². The molecular formula is C13H13ClN2O2S. The van der Waals surface area contributed by atoms with Crippen LogP contribution in [-0.4, -0.2) is 13.4 Å². The van der Waals surface area contributed by atoms with E-state index in [1.807, 2.05) is 19.9 Å². The van der Waals surface area contributed by atoms with Gasteiger partial charge < -0.3 is 0 Å². The summed E-state index contributed by atoms with van der Waals surface area (Å²) in [5, 5.41) is 0.142. The zero-order valence-corrected chi connectivity index (χ0v) is 12.1. The number of halogens is 1. The molecule has 0 atom stereocenters. The molecule has 100 valence electrons. The van der Waals surface area contributed by atoms with Gasteiger partial charge in [-0.2, -0.15) is 0 Å². The Labute approximate surface area is 117 Å². The zero-order valence-electron chi connectivity index (χ0n) is 10.5. The molecule has 6 heteroatoms. The predicted molar refractivity (Wildman–Crippen MR) is 76.0 cm³/mol. The molecule has 0 radical (unpaired) electrons. The molecule has 1 aromatic heterocycles. The average Bonchev–Trinajstić information content (AvgIpc) is 2.33. The van der Waals surface area contributed by atoms with Crippen LogP contribution in [0.3, 0.4) is 0 Å². The summed E-state index contributed by atoms with van der Waals surface area (Å²) in [6, 6.07) is 8.09. The summed E-state index contributed by atoms with van der Waals surface area (Å²) in [7, 11) is -3.64. The highest BCUT2D eigenvalue weighted by molar-refractivity contribution is 7.92. The minimum absolute atomic E-state index is 0.0886. The molecule has 1 aromatic carbocycles. The number of aromatic nitrogens is 1. The molecule has 0 unspecified atom stereocenters. The maximum atomic E-state index is 12.2. The molecule has 2 aromatic rings. The highest BCUT2D eigenvalue weighted by atomic mass is 35.5. The molecule has 0 saturated heterocycles. The van der Waals surface area contributed by atoms with Crippen LogP contribution in [0.5, 0.6) is 0 Å². The molecule has 1 heterocycles. The van der Waals surface area contributed by atoms with Crippen LogP contribution in [0.4, 0.5) is 5.69 Å². The molecule has 19 heavy (non-hydrogen) atoms. The maximum Gasteiger partial charge on any atom is 0.262 e. The summed E-state index contributed by atoms with van der Waals surface area (Å²) in [6.45, 7) is 3.90. The lowest BCUT2D eigenvalue weighted by molar-refractivity contribution is 0.601. The van der Waals surface area contributed by atoms with Crippen molar-refractivity contribution in [2.75, 3.05) is 4.72 Å². The average molecular weight is 297 g/mol. The first-order valence-corrected chi connectivity index (χ1v) is 7.46. The molecule has 2 rings (SSSR count). The van der Waals surface area contributed by atoms with Crippen LogP contribution in [0.2, 0.25) is 5.15 Å². The van der Waals surface area contributed by atoms with E-state index in [0.29, 0.717) is 5.69 Å². The molecule has 0 aliphatic heterocycles. The van der Waals surface area contributed by atoms with Gasteiger partial charge in [-0.05, 0) is 49.2 Å². The van der Waals surface area contributed by atoms with Gasteiger partial charge in [0, 0.05) is 11.9 Å². The Morgan fingerprint density at radius 3 is 2.47 bits per heavy atom. The Bertz CT molecular complexity index is 714. The predicted octanol–water partition coefficient (Wildman–Crippen LogP) is 3.15. The van der Waals surface area contributed by atoms with Gasteiger partial charge in [-0.3, -0.25) is 4.72 Å². The SMILES string of the molecule is Cc1ccc(NS(=O)(=O)c2ccnc(Cl)c2)cc1C. The third-order valence-electron chi connectivity index (χ3n) is 2.77. The van der Waals surface area contributed by atoms with Gasteiger partial charge in [0.05, 0.1) is 4.90 Å². The fraction of sp³-hybridized carbons (Fsp3) is 0.154. The second kappa shape index (κ2) is 5.19. The van der Waals surface area contributed by atoms with Crippen LogP contribution < -0.4 is 4.72 Å². The lowest BCUT2D eigenvalue weighted by atomic mass is 10.1. The number of aryl methyl sites for hydroxylation is 2. The van der Waals surface area contributed by atoms with Crippen molar-refractivity contribution in [2.45, 2.75) is 18.7 Å². The summed E-state index contributed by atoms with van der Waals surface area (Å²) in [4.78, 5) is 3.85. The second-order valence-electron chi connectivity index (χ2n) is 4.22. The van der Waals surface area contributed by atoms with Crippen LogP contribution >= 0.6 is 11.6 Å². The molecule has 0 spiro atoms. The van der Waals surface area contributed by atoms with E-state index in [2.05, 4.69) is 9.71 Å². The Morgan fingerprint density at radius 2 is 1.84 bits per heavy atom. The van der Waals surface area contributed by atoms with Crippen molar-refractivity contribution < 1.29 is 8.42 Å². The van der Waals surface area contributed by atoms with E-state index in [9.17, 15) is 8.42 Å². The van der Waals surface area contributed by atoms with Crippen molar-refractivity contribution in [1.29, 1.82) is 0 Å². The van der Waals surface area contributed by atoms with Crippen LogP contribution in [0.15, 0.2) is 41.4 Å². The lowest BCUT2D eigenvalue weighted by Gasteiger charge is -2.09. The first-order chi connectivity index (χ1) is 8.88. The fourth-order valence-corrected chi connectivity index (χ4v) is 2.87. The third kappa shape index (κ3) is 3.24. The Kier molecular flexibility index (Phi) is 3.78. The van der Waals surface area contributed by atoms with E-state index in [1.165, 1.54) is 18.3 Å². The summed E-state index contributed by atoms with van der Waals surface area (Å²) in [5.74, 6) is 0. The smallest absolute Gasteiger partial charge is 0.262 e. The van der Waals surface area contributed by atoms with Crippen LogP contribution in [0.1, 0.15) is 11.1 Å². The number of rotatable bonds is 3. The summed E-state index contributed by atoms with van der Waals surface area (Å²) < 4.78 is 26.8. The number of benzene rings is 1. The first-order valence-electron chi connectivity index (χ1n) is 5.60. The van der Waals surface area contributed by atoms with Gasteiger partial charge in [0.15, 0.2) is 0 Å². The first kappa shape index (κ1) is 13.8. The van der Waals surface area contributed by atoms with Gasteiger partial charge >= 0.3 is 0 Å². The molecule has 1 N–H and O–H groups in total. The summed E-state index contributed by atoms with van der Waals surface area (Å²) in [5.41, 5.74) is 2.65. The molecule has 0 aliphatic carbocycles. The monoisotopic (exact) mass is 296 g/mol. The summed E-state index contributed by atoms with van der Waals surface area (Å²) in [6.07, 6.45) is 1.36. The topological polar surface area (TPSA) is 59.1 Å². The lowest BCUT2D eigenvalue weighted by Crippen LogP contribution is -2.13. The van der Waals surface area contributed by atoms with Gasteiger partial charge in [-0.1, -0.05) is 17.7 Å². The molecule has 4 nitrogen and oxygen atoms in total. The number of pyridine rings is 1. The molecular weight excluding hydrogens is 284 g/mol. The minimum Gasteiger partial charge on any atom is -0.280 e. The third-order valence-corrected chi connectivity index (χ3v) is 4.35. The van der Waals surface area contributed by atoms with E-state index in [0.717, 1.165) is 11.1 Å². The van der Waals surface area contributed by atoms with Crippen molar-refractivity contribution in [2.24, 2.45) is 0 Å². The zero-order chi connectivity index (χ0) is 14.0. The van der Waals surface area contributed by atoms with Gasteiger partial charge in [0.1, 0.15) is 5.15 Å². The van der Waals surface area contributed by atoms with Crippen LogP contribution in [0.25, 0.3) is 0 Å². The molecule has 0 aliphatic rings. The van der Waals surface area contributed by atoms with Gasteiger partial charge in [-0.25, -0.2) is 13.4 Å². The number of hydrogen-bond acceptors (Lipinski definition) is 3. The van der Waals surface area contributed by atoms with Crippen molar-refractivity contribution in [3.8, 4) is 0 Å². The second-order valence-corrected chi connectivity index (χ2v) is 6.29. The molecule has 0 amide bonds. The van der Waals surface area contributed by atoms with E-state index < -0.39 is 10.0 Å². The largest absolute Gasteiger partial charge is 0.280 e. The number of sulfonamides is 1. The van der Waals surface area contributed by atoms with Gasteiger partial charge in [0.25, 0.3) is 10.0 Å². The minimum atomic E-state index is -3.64. The van der Waals surface area contributed by atoms with Gasteiger partial charge in [0.2, 0.25) is 0 Å². The van der Waals surface area contributed by atoms with E-state index in [-0.39, 0.29) is 10.0 Å². The van der Waals surface area contributed by atoms with Crippen molar-refractivity contribution >= 4 is 27.3 Å². The number of anilines is 1. The Morgan fingerprint density at radius 1 is 1.11 bits per heavy atom. The number of hydrogen-bond donors (Lipinski definition) is 1. The van der Waals surface area contributed by atoms with E-state index in [1.54, 1.807) is 12.1 Å². The van der Waals surface area contributed by atoms with Crippen LogP contribution in [-0.2, 0) is 10.0 Å². The molecule has 0 fully saturated rings. The highest BCUT2D eigenvalue weighted by Crippen LogP contribution is 2.20. The summed E-state index contributed by atoms with van der Waals surface area (Å²) >= 11 is 5.70. The van der Waals surface area contributed by atoms with E-state index in [4.69, 9.17) is 11.6 Å². The quantitative estimate of drug-likeness (QED) is 0.885. The van der Waals surface area contributed by atoms with E-state index >= 15 is 0 Å². The normalized spacial score (nSPS) is 11.3. The maximum absolute atomic E-state index is 12.2. The Balaban J connectivity index is 2.33. The number of nitrogens with one attached hydrogen (secondary N) is 1. The van der Waals surface area contributed by atoms with Crippen molar-refractivity contribution in [3.05, 3.63) is 52.8 Å². The fourth-order valence-electron chi connectivity index (χ4n) is 1.57.